The average molecular weight is 392 g/mol. The van der Waals surface area contributed by atoms with Crippen LogP contribution in [0.2, 0.25) is 0 Å². The second-order valence-corrected chi connectivity index (χ2v) is 8.26. The molecule has 0 spiro atoms. The Kier molecular flexibility index (Phi) is 9.12. The van der Waals surface area contributed by atoms with Gasteiger partial charge in [0.05, 0.1) is 13.1 Å². The molecule has 28 heavy (non-hydrogen) atoms. The van der Waals surface area contributed by atoms with Crippen LogP contribution in [0, 0.1) is 6.92 Å². The van der Waals surface area contributed by atoms with E-state index in [9.17, 15) is 14.4 Å². The smallest absolute Gasteiger partial charge is 0.279 e. The second kappa shape index (κ2) is 10.8. The number of carbonyl (C=O) groups is 3. The van der Waals surface area contributed by atoms with Gasteiger partial charge in [0, 0.05) is 18.3 Å². The van der Waals surface area contributed by atoms with Crippen molar-refractivity contribution in [2.24, 2.45) is 0 Å². The fourth-order valence-corrected chi connectivity index (χ4v) is 2.84. The van der Waals surface area contributed by atoms with Gasteiger partial charge < -0.3 is 20.4 Å². The van der Waals surface area contributed by atoms with E-state index in [0.717, 1.165) is 22.6 Å². The van der Waals surface area contributed by atoms with Crippen LogP contribution in [0.5, 0.6) is 0 Å². The summed E-state index contributed by atoms with van der Waals surface area (Å²) in [5, 5.41) is 5.76. The molecule has 0 saturated heterocycles. The zero-order valence-electron chi connectivity index (χ0n) is 18.0. The molecule has 0 saturated carbocycles. The highest BCUT2D eigenvalue weighted by molar-refractivity contribution is 5.92. The van der Waals surface area contributed by atoms with Crippen LogP contribution in [0.15, 0.2) is 24.3 Å². The lowest BCUT2D eigenvalue weighted by atomic mass is 10.1. The number of benzene rings is 1. The number of nitrogens with zero attached hydrogens (tertiary/aromatic N) is 1. The fraction of sp³-hybridized carbons (Fsp3) is 0.571. The zero-order chi connectivity index (χ0) is 21.3. The Morgan fingerprint density at radius 3 is 2.29 bits per heavy atom. The van der Waals surface area contributed by atoms with Crippen molar-refractivity contribution in [2.45, 2.75) is 46.6 Å². The minimum atomic E-state index is -0.339. The van der Waals surface area contributed by atoms with Crippen molar-refractivity contribution in [1.82, 2.24) is 10.2 Å². The van der Waals surface area contributed by atoms with Gasteiger partial charge in [0.25, 0.3) is 11.8 Å². The van der Waals surface area contributed by atoms with E-state index in [1.807, 2.05) is 58.9 Å². The first-order chi connectivity index (χ1) is 13.0. The SMILES string of the molecule is CCC[NH+](CC(=O)Nc1ccccc1C)CC(=O)N(C)CC(=O)NC(C)(C)C. The van der Waals surface area contributed by atoms with Gasteiger partial charge in [-0.25, -0.2) is 0 Å². The molecule has 0 heterocycles. The van der Waals surface area contributed by atoms with Crippen molar-refractivity contribution in [3.05, 3.63) is 29.8 Å². The van der Waals surface area contributed by atoms with Crippen molar-refractivity contribution in [1.29, 1.82) is 0 Å². The second-order valence-electron chi connectivity index (χ2n) is 8.26. The molecule has 0 fully saturated rings. The number of quaternary nitrogens is 1. The van der Waals surface area contributed by atoms with Crippen molar-refractivity contribution in [3.8, 4) is 0 Å². The minimum Gasteiger partial charge on any atom is -0.350 e. The van der Waals surface area contributed by atoms with Gasteiger partial charge in [-0.05, 0) is 45.7 Å². The van der Waals surface area contributed by atoms with Crippen LogP contribution in [-0.4, -0.2) is 61.4 Å². The van der Waals surface area contributed by atoms with Crippen LogP contribution in [0.25, 0.3) is 0 Å². The molecule has 0 aromatic heterocycles. The van der Waals surface area contributed by atoms with Gasteiger partial charge in [-0.2, -0.15) is 0 Å². The predicted molar refractivity (Wildman–Crippen MR) is 111 cm³/mol. The lowest BCUT2D eigenvalue weighted by molar-refractivity contribution is -0.883. The summed E-state index contributed by atoms with van der Waals surface area (Å²) in [6, 6.07) is 7.59. The van der Waals surface area contributed by atoms with Crippen molar-refractivity contribution < 1.29 is 19.3 Å². The Hall–Kier alpha value is -2.41. The summed E-state index contributed by atoms with van der Waals surface area (Å²) in [6.07, 6.45) is 0.856. The first-order valence-corrected chi connectivity index (χ1v) is 9.76. The third-order valence-corrected chi connectivity index (χ3v) is 4.16. The topological polar surface area (TPSA) is 83.0 Å². The van der Waals surface area contributed by atoms with Crippen LogP contribution >= 0.6 is 0 Å². The van der Waals surface area contributed by atoms with Crippen LogP contribution in [0.1, 0.15) is 39.7 Å². The van der Waals surface area contributed by atoms with Gasteiger partial charge in [-0.1, -0.05) is 25.1 Å². The van der Waals surface area contributed by atoms with E-state index in [1.165, 1.54) is 4.90 Å². The molecule has 0 aliphatic rings. The van der Waals surface area contributed by atoms with E-state index in [-0.39, 0.29) is 42.9 Å². The predicted octanol–water partition coefficient (Wildman–Crippen LogP) is 0.602. The Morgan fingerprint density at radius 1 is 1.07 bits per heavy atom. The van der Waals surface area contributed by atoms with Gasteiger partial charge in [0.1, 0.15) is 0 Å². The van der Waals surface area contributed by atoms with E-state index < -0.39 is 0 Å². The minimum absolute atomic E-state index is 0.00488. The lowest BCUT2D eigenvalue weighted by Crippen LogP contribution is -3.14. The monoisotopic (exact) mass is 391 g/mol. The number of hydrogen-bond donors (Lipinski definition) is 3. The summed E-state index contributed by atoms with van der Waals surface area (Å²) >= 11 is 0. The Morgan fingerprint density at radius 2 is 1.71 bits per heavy atom. The van der Waals surface area contributed by atoms with Gasteiger partial charge in [-0.3, -0.25) is 14.4 Å². The molecule has 1 atom stereocenters. The van der Waals surface area contributed by atoms with Gasteiger partial charge in [-0.15, -0.1) is 0 Å². The van der Waals surface area contributed by atoms with E-state index >= 15 is 0 Å². The standard InChI is InChI=1S/C21H34N4O3/c1-7-12-25(14-18(26)22-17-11-9-8-10-16(17)2)15-20(28)24(6)13-19(27)23-21(3,4)5/h8-11H,7,12-15H2,1-6H3,(H,22,26)(H,23,27)/p+1. The lowest BCUT2D eigenvalue weighted by Gasteiger charge is -2.25. The van der Waals surface area contributed by atoms with Gasteiger partial charge in [0.15, 0.2) is 13.1 Å². The first kappa shape index (κ1) is 23.6. The maximum absolute atomic E-state index is 12.5. The summed E-state index contributed by atoms with van der Waals surface area (Å²) in [5.41, 5.74) is 1.44. The number of likely N-dealkylation sites (N-methyl/N-ethyl adjacent to an activating group) is 1. The maximum atomic E-state index is 12.5. The van der Waals surface area contributed by atoms with Crippen molar-refractivity contribution in [2.75, 3.05) is 38.5 Å². The molecular formula is C21H35N4O3+. The third kappa shape index (κ3) is 8.99. The fourth-order valence-electron chi connectivity index (χ4n) is 2.84. The zero-order valence-corrected chi connectivity index (χ0v) is 18.0. The van der Waals surface area contributed by atoms with E-state index in [0.29, 0.717) is 6.54 Å². The molecule has 3 N–H and O–H groups in total. The molecule has 156 valence electrons. The normalized spacial score (nSPS) is 12.2. The van der Waals surface area contributed by atoms with Gasteiger partial charge >= 0.3 is 0 Å². The average Bonchev–Trinajstić information content (AvgIpc) is 2.55. The van der Waals surface area contributed by atoms with Crippen LogP contribution in [-0.2, 0) is 14.4 Å². The molecule has 0 aliphatic carbocycles. The molecule has 7 nitrogen and oxygen atoms in total. The Bertz CT molecular complexity index is 682. The quantitative estimate of drug-likeness (QED) is 0.577. The number of carbonyl (C=O) groups excluding carboxylic acids is 3. The van der Waals surface area contributed by atoms with E-state index in [2.05, 4.69) is 10.6 Å². The molecule has 7 heteroatoms. The molecule has 0 radical (unpaired) electrons. The number of aryl methyl sites for hydroxylation is 1. The number of hydrogen-bond acceptors (Lipinski definition) is 3. The molecule has 1 aromatic rings. The molecule has 1 aromatic carbocycles. The summed E-state index contributed by atoms with van der Waals surface area (Å²) in [7, 11) is 1.61. The number of amides is 3. The van der Waals surface area contributed by atoms with Crippen LogP contribution in [0.3, 0.4) is 0 Å². The van der Waals surface area contributed by atoms with Gasteiger partial charge in [0.2, 0.25) is 5.91 Å². The first-order valence-electron chi connectivity index (χ1n) is 9.76. The molecule has 0 aliphatic heterocycles. The molecular weight excluding hydrogens is 356 g/mol. The Balaban J connectivity index is 2.60. The molecule has 3 amide bonds. The van der Waals surface area contributed by atoms with Crippen LogP contribution in [0.4, 0.5) is 5.69 Å². The molecule has 0 bridgehead atoms. The summed E-state index contributed by atoms with van der Waals surface area (Å²) in [4.78, 5) is 39.2. The van der Waals surface area contributed by atoms with E-state index in [1.54, 1.807) is 7.05 Å². The number of nitrogens with one attached hydrogen (secondary N) is 3. The highest BCUT2D eigenvalue weighted by Gasteiger charge is 2.22. The number of anilines is 1. The van der Waals surface area contributed by atoms with Crippen molar-refractivity contribution in [3.63, 3.8) is 0 Å². The molecule has 1 unspecified atom stereocenters. The largest absolute Gasteiger partial charge is 0.350 e. The summed E-state index contributed by atoms with van der Waals surface area (Å²) in [5.74, 6) is -0.479. The number of para-hydroxylation sites is 1. The van der Waals surface area contributed by atoms with Crippen LogP contribution < -0.4 is 15.5 Å². The molecule has 1 rings (SSSR count). The number of rotatable bonds is 9. The third-order valence-electron chi connectivity index (χ3n) is 4.16. The highest BCUT2D eigenvalue weighted by Crippen LogP contribution is 2.12. The summed E-state index contributed by atoms with van der Waals surface area (Å²) in [6.45, 7) is 10.7. The highest BCUT2D eigenvalue weighted by atomic mass is 16.2. The summed E-state index contributed by atoms with van der Waals surface area (Å²) < 4.78 is 0. The Labute approximate surface area is 168 Å². The maximum Gasteiger partial charge on any atom is 0.279 e. The van der Waals surface area contributed by atoms with Crippen molar-refractivity contribution >= 4 is 23.4 Å². The van der Waals surface area contributed by atoms with E-state index in [4.69, 9.17) is 0 Å².